The van der Waals surface area contributed by atoms with Gasteiger partial charge in [-0.15, -0.1) is 0 Å². The molecule has 0 aliphatic carbocycles. The van der Waals surface area contributed by atoms with Crippen molar-refractivity contribution in [2.45, 2.75) is 20.3 Å². The van der Waals surface area contributed by atoms with E-state index in [1.54, 1.807) is 12.3 Å². The van der Waals surface area contributed by atoms with E-state index in [1.807, 2.05) is 49.4 Å². The molecule has 0 atom stereocenters. The lowest BCUT2D eigenvalue weighted by Gasteiger charge is -2.02. The minimum Gasteiger partial charge on any atom is -0.454 e. The van der Waals surface area contributed by atoms with Gasteiger partial charge in [0, 0.05) is 28.7 Å². The summed E-state index contributed by atoms with van der Waals surface area (Å²) in [6.07, 6.45) is 5.57. The summed E-state index contributed by atoms with van der Waals surface area (Å²) >= 11 is 0. The Kier molecular flexibility index (Phi) is 5.32. The molecule has 0 saturated carbocycles. The van der Waals surface area contributed by atoms with Gasteiger partial charge >= 0.3 is 5.97 Å². The molecule has 1 aromatic heterocycles. The van der Waals surface area contributed by atoms with Crippen LogP contribution in [0.5, 0.6) is 0 Å². The van der Waals surface area contributed by atoms with Crippen molar-refractivity contribution in [3.05, 3.63) is 77.0 Å². The Bertz CT molecular complexity index is 965. The highest BCUT2D eigenvalue weighted by Crippen LogP contribution is 2.22. The highest BCUT2D eigenvalue weighted by Gasteiger charge is 2.14. The number of para-hydroxylation sites is 1. The van der Waals surface area contributed by atoms with E-state index in [0.717, 1.165) is 34.0 Å². The lowest BCUT2D eigenvalue weighted by Crippen LogP contribution is -2.12. The summed E-state index contributed by atoms with van der Waals surface area (Å²) in [4.78, 5) is 27.4. The molecule has 3 aromatic rings. The first-order valence-corrected chi connectivity index (χ1v) is 8.62. The van der Waals surface area contributed by atoms with Crippen LogP contribution in [0.4, 0.5) is 0 Å². The van der Waals surface area contributed by atoms with Crippen LogP contribution in [0.3, 0.4) is 0 Å². The summed E-state index contributed by atoms with van der Waals surface area (Å²) in [6, 6.07) is 13.6. The topological polar surface area (TPSA) is 59.2 Å². The Balaban J connectivity index is 1.63. The molecule has 1 N–H and O–H groups in total. The molecular formula is C22H21NO3. The number of aromatic amines is 1. The zero-order valence-electron chi connectivity index (χ0n) is 14.9. The number of nitrogens with one attached hydrogen (secondary N) is 1. The number of esters is 1. The Morgan fingerprint density at radius 1 is 1.12 bits per heavy atom. The van der Waals surface area contributed by atoms with Crippen molar-refractivity contribution in [1.82, 2.24) is 4.98 Å². The first-order chi connectivity index (χ1) is 12.6. The maximum Gasteiger partial charge on any atom is 0.331 e. The molecule has 0 amide bonds. The molecule has 132 valence electrons. The number of rotatable bonds is 6. The third kappa shape index (κ3) is 3.91. The molecule has 0 aliphatic heterocycles. The fraction of sp³-hybridized carbons (Fsp3) is 0.182. The standard InChI is InChI=1S/C22H21NO3/c1-3-17-5-4-6-18-19(13-23-22(17)18)20(24)14-26-21(25)12-11-16-9-7-15(2)8-10-16/h4-13,23H,3,14H2,1-2H3/b12-11+. The fourth-order valence-electron chi connectivity index (χ4n) is 2.85. The van der Waals surface area contributed by atoms with Crippen molar-refractivity contribution >= 4 is 28.7 Å². The minimum atomic E-state index is -0.534. The zero-order chi connectivity index (χ0) is 18.5. The van der Waals surface area contributed by atoms with Gasteiger partial charge in [-0.1, -0.05) is 55.0 Å². The van der Waals surface area contributed by atoms with Crippen LogP contribution in [-0.2, 0) is 16.0 Å². The number of benzene rings is 2. The van der Waals surface area contributed by atoms with E-state index in [-0.39, 0.29) is 12.4 Å². The van der Waals surface area contributed by atoms with E-state index in [1.165, 1.54) is 6.08 Å². The predicted molar refractivity (Wildman–Crippen MR) is 103 cm³/mol. The monoisotopic (exact) mass is 347 g/mol. The van der Waals surface area contributed by atoms with Gasteiger partial charge in [0.15, 0.2) is 6.61 Å². The molecule has 0 spiro atoms. The third-order valence-corrected chi connectivity index (χ3v) is 4.32. The predicted octanol–water partition coefficient (Wildman–Crippen LogP) is 4.48. The Morgan fingerprint density at radius 2 is 1.88 bits per heavy atom. The van der Waals surface area contributed by atoms with Crippen molar-refractivity contribution in [3.63, 3.8) is 0 Å². The van der Waals surface area contributed by atoms with Gasteiger partial charge in [0.1, 0.15) is 0 Å². The largest absolute Gasteiger partial charge is 0.454 e. The van der Waals surface area contributed by atoms with Crippen molar-refractivity contribution in [2.24, 2.45) is 0 Å². The molecule has 4 heteroatoms. The smallest absolute Gasteiger partial charge is 0.331 e. The van der Waals surface area contributed by atoms with E-state index >= 15 is 0 Å². The van der Waals surface area contributed by atoms with Crippen LogP contribution >= 0.6 is 0 Å². The summed E-state index contributed by atoms with van der Waals surface area (Å²) in [6.45, 7) is 3.79. The molecule has 4 nitrogen and oxygen atoms in total. The Labute approximate surface area is 152 Å². The molecule has 0 fully saturated rings. The number of aryl methyl sites for hydroxylation is 2. The van der Waals surface area contributed by atoms with Gasteiger partial charge in [-0.3, -0.25) is 4.79 Å². The summed E-state index contributed by atoms with van der Waals surface area (Å²) in [5, 5.41) is 0.862. The number of H-pyrrole nitrogens is 1. The second kappa shape index (κ2) is 7.83. The second-order valence-corrected chi connectivity index (χ2v) is 6.17. The summed E-state index contributed by atoms with van der Waals surface area (Å²) in [5.74, 6) is -0.755. The molecule has 0 unspecified atom stereocenters. The molecule has 0 saturated heterocycles. The molecule has 0 bridgehead atoms. The van der Waals surface area contributed by atoms with Crippen molar-refractivity contribution in [2.75, 3.05) is 6.61 Å². The maximum atomic E-state index is 12.4. The van der Waals surface area contributed by atoms with E-state index in [9.17, 15) is 9.59 Å². The number of aromatic nitrogens is 1. The average molecular weight is 347 g/mol. The number of carbonyl (C=O) groups excluding carboxylic acids is 2. The SMILES string of the molecule is CCc1cccc2c(C(=O)COC(=O)/C=C/c3ccc(C)cc3)c[nH]c12. The number of hydrogen-bond donors (Lipinski definition) is 1. The molecule has 2 aromatic carbocycles. The first kappa shape index (κ1) is 17.7. The van der Waals surface area contributed by atoms with Crippen LogP contribution in [-0.4, -0.2) is 23.3 Å². The Hall–Kier alpha value is -3.14. The van der Waals surface area contributed by atoms with Crippen LogP contribution in [0.15, 0.2) is 54.7 Å². The fourth-order valence-corrected chi connectivity index (χ4v) is 2.85. The van der Waals surface area contributed by atoms with Crippen molar-refractivity contribution < 1.29 is 14.3 Å². The van der Waals surface area contributed by atoms with E-state index in [4.69, 9.17) is 4.74 Å². The number of ether oxygens (including phenoxy) is 1. The van der Waals surface area contributed by atoms with Gasteiger partial charge in [-0.05, 0) is 30.5 Å². The van der Waals surface area contributed by atoms with Gasteiger partial charge in [0.2, 0.25) is 5.78 Å². The average Bonchev–Trinajstić information content (AvgIpc) is 3.10. The Morgan fingerprint density at radius 3 is 2.62 bits per heavy atom. The van der Waals surface area contributed by atoms with Gasteiger partial charge in [0.25, 0.3) is 0 Å². The second-order valence-electron chi connectivity index (χ2n) is 6.17. The molecule has 1 heterocycles. The van der Waals surface area contributed by atoms with E-state index in [0.29, 0.717) is 5.56 Å². The first-order valence-electron chi connectivity index (χ1n) is 8.62. The van der Waals surface area contributed by atoms with Gasteiger partial charge in [-0.25, -0.2) is 4.79 Å². The normalized spacial score (nSPS) is 11.2. The number of hydrogen-bond acceptors (Lipinski definition) is 3. The molecule has 3 rings (SSSR count). The zero-order valence-corrected chi connectivity index (χ0v) is 14.9. The van der Waals surface area contributed by atoms with Crippen LogP contribution in [0.1, 0.15) is 34.0 Å². The van der Waals surface area contributed by atoms with Gasteiger partial charge < -0.3 is 9.72 Å². The molecule has 0 aliphatic rings. The summed E-state index contributed by atoms with van der Waals surface area (Å²) < 4.78 is 5.09. The maximum absolute atomic E-state index is 12.4. The lowest BCUT2D eigenvalue weighted by atomic mass is 10.1. The highest BCUT2D eigenvalue weighted by atomic mass is 16.5. The highest BCUT2D eigenvalue weighted by molar-refractivity contribution is 6.09. The lowest BCUT2D eigenvalue weighted by molar-refractivity contribution is -0.136. The van der Waals surface area contributed by atoms with Crippen LogP contribution in [0, 0.1) is 6.92 Å². The molecule has 26 heavy (non-hydrogen) atoms. The van der Waals surface area contributed by atoms with Crippen LogP contribution < -0.4 is 0 Å². The van der Waals surface area contributed by atoms with E-state index in [2.05, 4.69) is 11.9 Å². The number of fused-ring (bicyclic) bond motifs is 1. The van der Waals surface area contributed by atoms with Crippen LogP contribution in [0.25, 0.3) is 17.0 Å². The van der Waals surface area contributed by atoms with Gasteiger partial charge in [-0.2, -0.15) is 0 Å². The third-order valence-electron chi connectivity index (χ3n) is 4.32. The minimum absolute atomic E-state index is 0.221. The van der Waals surface area contributed by atoms with Crippen molar-refractivity contribution in [3.8, 4) is 0 Å². The summed E-state index contributed by atoms with van der Waals surface area (Å²) in [7, 11) is 0. The van der Waals surface area contributed by atoms with Gasteiger partial charge in [0.05, 0.1) is 0 Å². The van der Waals surface area contributed by atoms with Crippen molar-refractivity contribution in [1.29, 1.82) is 0 Å². The number of carbonyl (C=O) groups is 2. The summed E-state index contributed by atoms with van der Waals surface area (Å²) in [5.41, 5.74) is 4.72. The van der Waals surface area contributed by atoms with E-state index < -0.39 is 5.97 Å². The molecule has 0 radical (unpaired) electrons. The number of ketones is 1. The quantitative estimate of drug-likeness (QED) is 0.406. The number of Topliss-reactive ketones (excluding diaryl/α,β-unsaturated/α-hetero) is 1. The van der Waals surface area contributed by atoms with Crippen LogP contribution in [0.2, 0.25) is 0 Å². The molecular weight excluding hydrogens is 326 g/mol.